The monoisotopic (exact) mass is 314 g/mol. The zero-order valence-corrected chi connectivity index (χ0v) is 13.0. The minimum Gasteiger partial charge on any atom is -0.489 e. The largest absolute Gasteiger partial charge is 0.489 e. The quantitative estimate of drug-likeness (QED) is 0.943. The Bertz CT molecular complexity index is 691. The number of ether oxygens (including phenoxy) is 1. The van der Waals surface area contributed by atoms with Crippen molar-refractivity contribution in [1.82, 2.24) is 5.32 Å². The Labute approximate surface area is 134 Å². The lowest BCUT2D eigenvalue weighted by molar-refractivity contribution is -0.121. The molecular weight excluding hydrogens is 295 g/mol. The summed E-state index contributed by atoms with van der Waals surface area (Å²) in [6, 6.07) is 14.2. The number of rotatable bonds is 4. The average Bonchev–Trinajstić information content (AvgIpc) is 2.56. The number of anilines is 1. The van der Waals surface area contributed by atoms with Gasteiger partial charge in [-0.1, -0.05) is 30.3 Å². The summed E-state index contributed by atoms with van der Waals surface area (Å²) in [4.78, 5) is 14.1. The fraction of sp³-hybridized carbons (Fsp3) is 0.278. The average molecular weight is 314 g/mol. The lowest BCUT2D eigenvalue weighted by atomic mass is 10.1. The van der Waals surface area contributed by atoms with E-state index in [2.05, 4.69) is 5.32 Å². The molecule has 0 radical (unpaired) electrons. The fourth-order valence-electron chi connectivity index (χ4n) is 2.67. The molecule has 1 N–H and O–H groups in total. The molecule has 4 nitrogen and oxygen atoms in total. The molecule has 2 aromatic rings. The molecule has 0 unspecified atom stereocenters. The van der Waals surface area contributed by atoms with Crippen LogP contribution in [0.25, 0.3) is 0 Å². The van der Waals surface area contributed by atoms with E-state index in [9.17, 15) is 9.18 Å². The topological polar surface area (TPSA) is 41.6 Å². The van der Waals surface area contributed by atoms with Gasteiger partial charge in [-0.2, -0.15) is 0 Å². The normalized spacial score (nSPS) is 16.4. The molecule has 0 bridgehead atoms. The lowest BCUT2D eigenvalue weighted by Crippen LogP contribution is -2.43. The van der Waals surface area contributed by atoms with E-state index < -0.39 is 0 Å². The van der Waals surface area contributed by atoms with Gasteiger partial charge >= 0.3 is 0 Å². The number of nitrogens with one attached hydrogen (secondary N) is 1. The van der Waals surface area contributed by atoms with E-state index in [0.717, 1.165) is 11.3 Å². The third kappa shape index (κ3) is 3.62. The summed E-state index contributed by atoms with van der Waals surface area (Å²) in [6.45, 7) is 0.879. The van der Waals surface area contributed by atoms with Crippen molar-refractivity contribution in [3.05, 3.63) is 59.9 Å². The molecule has 0 fully saturated rings. The van der Waals surface area contributed by atoms with E-state index in [1.165, 1.54) is 12.1 Å². The Morgan fingerprint density at radius 2 is 2.09 bits per heavy atom. The van der Waals surface area contributed by atoms with Gasteiger partial charge in [0.1, 0.15) is 18.2 Å². The van der Waals surface area contributed by atoms with Crippen LogP contribution in [0.15, 0.2) is 48.5 Å². The van der Waals surface area contributed by atoms with E-state index in [0.29, 0.717) is 25.3 Å². The van der Waals surface area contributed by atoms with E-state index in [4.69, 9.17) is 4.74 Å². The molecule has 2 aromatic carbocycles. The van der Waals surface area contributed by atoms with Crippen LogP contribution in [0, 0.1) is 5.82 Å². The Balaban J connectivity index is 1.58. The van der Waals surface area contributed by atoms with Gasteiger partial charge in [-0.25, -0.2) is 4.39 Å². The highest BCUT2D eigenvalue weighted by Crippen LogP contribution is 2.34. The third-order valence-electron chi connectivity index (χ3n) is 4.03. The second kappa shape index (κ2) is 6.69. The van der Waals surface area contributed by atoms with Gasteiger partial charge in [-0.05, 0) is 17.7 Å². The summed E-state index contributed by atoms with van der Waals surface area (Å²) in [7, 11) is 1.90. The predicted octanol–water partition coefficient (Wildman–Crippen LogP) is 2.73. The molecule has 0 saturated carbocycles. The smallest absolute Gasteiger partial charge is 0.222 e. The van der Waals surface area contributed by atoms with Gasteiger partial charge in [0.2, 0.25) is 5.91 Å². The van der Waals surface area contributed by atoms with Crippen molar-refractivity contribution >= 4 is 11.6 Å². The van der Waals surface area contributed by atoms with Crippen molar-refractivity contribution < 1.29 is 13.9 Å². The van der Waals surface area contributed by atoms with Gasteiger partial charge < -0.3 is 15.0 Å². The molecule has 5 heteroatoms. The number of carbonyl (C=O) groups excluding carboxylic acids is 1. The van der Waals surface area contributed by atoms with Crippen molar-refractivity contribution in [2.45, 2.75) is 19.0 Å². The van der Waals surface area contributed by atoms with E-state index >= 15 is 0 Å². The maximum absolute atomic E-state index is 13.2. The first kappa shape index (κ1) is 15.3. The van der Waals surface area contributed by atoms with E-state index in [-0.39, 0.29) is 17.8 Å². The van der Waals surface area contributed by atoms with Crippen LogP contribution in [-0.4, -0.2) is 25.6 Å². The fourth-order valence-corrected chi connectivity index (χ4v) is 2.67. The molecule has 1 aliphatic heterocycles. The molecule has 1 heterocycles. The third-order valence-corrected chi connectivity index (χ3v) is 4.03. The zero-order chi connectivity index (χ0) is 16.2. The number of amides is 1. The molecule has 0 aromatic heterocycles. The number of hydrogen-bond donors (Lipinski definition) is 1. The number of benzene rings is 2. The Hall–Kier alpha value is -2.56. The maximum Gasteiger partial charge on any atom is 0.222 e. The molecule has 1 aliphatic rings. The van der Waals surface area contributed by atoms with Crippen LogP contribution in [0.3, 0.4) is 0 Å². The highest BCUT2D eigenvalue weighted by Gasteiger charge is 2.26. The highest BCUT2D eigenvalue weighted by atomic mass is 19.1. The van der Waals surface area contributed by atoms with Gasteiger partial charge in [-0.15, -0.1) is 0 Å². The van der Waals surface area contributed by atoms with Crippen molar-refractivity contribution in [2.75, 3.05) is 18.6 Å². The van der Waals surface area contributed by atoms with Gasteiger partial charge in [-0.3, -0.25) is 4.79 Å². The van der Waals surface area contributed by atoms with Crippen molar-refractivity contribution in [3.8, 4) is 5.75 Å². The lowest BCUT2D eigenvalue weighted by Gasteiger charge is -2.35. The molecule has 0 spiro atoms. The molecule has 0 saturated heterocycles. The molecule has 120 valence electrons. The second-order valence-corrected chi connectivity index (χ2v) is 5.65. The standard InChI is InChI=1S/C18H19FN2O2/c1-21-15(12-23-17-9-14(19)7-8-16(17)21)10-18(22)20-11-13-5-3-2-4-6-13/h2-9,15H,10-12H2,1H3,(H,20,22)/t15-/m1/s1. The molecular formula is C18H19FN2O2. The summed E-state index contributed by atoms with van der Waals surface area (Å²) in [6.07, 6.45) is 0.333. The van der Waals surface area contributed by atoms with Crippen LogP contribution in [0.5, 0.6) is 5.75 Å². The first-order valence-corrected chi connectivity index (χ1v) is 7.59. The Morgan fingerprint density at radius 1 is 1.30 bits per heavy atom. The minimum absolute atomic E-state index is 0.0279. The highest BCUT2D eigenvalue weighted by molar-refractivity contribution is 5.77. The van der Waals surface area contributed by atoms with Crippen LogP contribution in [0.1, 0.15) is 12.0 Å². The van der Waals surface area contributed by atoms with Crippen LogP contribution < -0.4 is 15.0 Å². The first-order valence-electron chi connectivity index (χ1n) is 7.59. The van der Waals surface area contributed by atoms with Gasteiger partial charge in [0.15, 0.2) is 0 Å². The minimum atomic E-state index is -0.323. The number of nitrogens with zero attached hydrogens (tertiary/aromatic N) is 1. The summed E-state index contributed by atoms with van der Waals surface area (Å²) < 4.78 is 18.8. The van der Waals surface area contributed by atoms with Crippen molar-refractivity contribution in [2.24, 2.45) is 0 Å². The first-order chi connectivity index (χ1) is 11.1. The van der Waals surface area contributed by atoms with E-state index in [1.54, 1.807) is 6.07 Å². The maximum atomic E-state index is 13.2. The number of halogens is 1. The number of hydrogen-bond acceptors (Lipinski definition) is 3. The Morgan fingerprint density at radius 3 is 2.87 bits per heavy atom. The Kier molecular flexibility index (Phi) is 4.46. The SMILES string of the molecule is CN1c2ccc(F)cc2OC[C@H]1CC(=O)NCc1ccccc1. The summed E-state index contributed by atoms with van der Waals surface area (Å²) in [5.74, 6) is 0.171. The zero-order valence-electron chi connectivity index (χ0n) is 13.0. The molecule has 23 heavy (non-hydrogen) atoms. The second-order valence-electron chi connectivity index (χ2n) is 5.65. The van der Waals surface area contributed by atoms with Crippen molar-refractivity contribution in [3.63, 3.8) is 0 Å². The van der Waals surface area contributed by atoms with Crippen molar-refractivity contribution in [1.29, 1.82) is 0 Å². The number of likely N-dealkylation sites (N-methyl/N-ethyl adjacent to an activating group) is 1. The molecule has 0 aliphatic carbocycles. The summed E-state index contributed by atoms with van der Waals surface area (Å²) in [5.41, 5.74) is 1.87. The molecule has 1 amide bonds. The van der Waals surface area contributed by atoms with Crippen LogP contribution in [-0.2, 0) is 11.3 Å². The summed E-state index contributed by atoms with van der Waals surface area (Å²) >= 11 is 0. The van der Waals surface area contributed by atoms with Crippen LogP contribution >= 0.6 is 0 Å². The van der Waals surface area contributed by atoms with Crippen LogP contribution in [0.2, 0.25) is 0 Å². The van der Waals surface area contributed by atoms with Gasteiger partial charge in [0.25, 0.3) is 0 Å². The van der Waals surface area contributed by atoms with Gasteiger partial charge in [0.05, 0.1) is 18.2 Å². The van der Waals surface area contributed by atoms with Crippen LogP contribution in [0.4, 0.5) is 10.1 Å². The number of fused-ring (bicyclic) bond motifs is 1. The number of carbonyl (C=O) groups is 1. The predicted molar refractivity (Wildman–Crippen MR) is 87.0 cm³/mol. The molecule has 1 atom stereocenters. The van der Waals surface area contributed by atoms with Gasteiger partial charge in [0, 0.05) is 19.7 Å². The molecule has 3 rings (SSSR count). The summed E-state index contributed by atoms with van der Waals surface area (Å²) in [5, 5.41) is 2.92. The van der Waals surface area contributed by atoms with E-state index in [1.807, 2.05) is 42.3 Å².